The third-order valence-corrected chi connectivity index (χ3v) is 1.43. The molecular weight excluding hydrogens is 172 g/mol. The Labute approximate surface area is 74.2 Å². The number of amides is 1. The van der Waals surface area contributed by atoms with Gasteiger partial charge in [-0.15, -0.1) is 0 Å². The molecule has 0 aliphatic carbocycles. The van der Waals surface area contributed by atoms with Crippen molar-refractivity contribution in [1.82, 2.24) is 0 Å². The number of carbonyl (C=O) groups excluding carboxylic acids is 1. The molecule has 0 aliphatic heterocycles. The van der Waals surface area contributed by atoms with E-state index in [4.69, 9.17) is 10.8 Å². The van der Waals surface area contributed by atoms with Gasteiger partial charge in [0, 0.05) is 11.4 Å². The molecule has 13 heavy (non-hydrogen) atoms. The Morgan fingerprint density at radius 2 is 2.15 bits per heavy atom. The molecule has 0 unspecified atom stereocenters. The summed E-state index contributed by atoms with van der Waals surface area (Å²) in [6, 6.07) is 4.12. The van der Waals surface area contributed by atoms with Crippen molar-refractivity contribution in [3.63, 3.8) is 0 Å². The van der Waals surface area contributed by atoms with E-state index in [1.54, 1.807) is 0 Å². The summed E-state index contributed by atoms with van der Waals surface area (Å²) in [6.07, 6.45) is 0.459. The summed E-state index contributed by atoms with van der Waals surface area (Å²) >= 11 is 0. The molecule has 1 amide bonds. The Balaban J connectivity index is 3.10. The number of rotatable bonds is 3. The van der Waals surface area contributed by atoms with Gasteiger partial charge in [-0.2, -0.15) is 0 Å². The number of nitrogens with one attached hydrogen (secondary N) is 1. The number of nitrogen functional groups attached to an aromatic ring is 1. The Morgan fingerprint density at radius 1 is 1.46 bits per heavy atom. The van der Waals surface area contributed by atoms with Crippen LogP contribution in [0.2, 0.25) is 0 Å². The number of aromatic carboxylic acids is 1. The fraction of sp³-hybridized carbons (Fsp3) is 0. The van der Waals surface area contributed by atoms with Crippen LogP contribution in [0.5, 0.6) is 0 Å². The number of hydrogen-bond acceptors (Lipinski definition) is 3. The zero-order chi connectivity index (χ0) is 9.84. The maximum Gasteiger partial charge on any atom is 0.335 e. The van der Waals surface area contributed by atoms with E-state index in [-0.39, 0.29) is 5.56 Å². The summed E-state index contributed by atoms with van der Waals surface area (Å²) in [4.78, 5) is 20.6. The largest absolute Gasteiger partial charge is 0.478 e. The van der Waals surface area contributed by atoms with E-state index < -0.39 is 5.97 Å². The van der Waals surface area contributed by atoms with E-state index in [1.807, 2.05) is 0 Å². The van der Waals surface area contributed by atoms with Gasteiger partial charge < -0.3 is 16.2 Å². The van der Waals surface area contributed by atoms with Crippen LogP contribution in [0, 0.1) is 0 Å². The van der Waals surface area contributed by atoms with Crippen LogP contribution in [-0.2, 0) is 4.79 Å². The van der Waals surface area contributed by atoms with Gasteiger partial charge in [0.2, 0.25) is 6.41 Å². The maximum atomic E-state index is 10.5. The van der Waals surface area contributed by atoms with Crippen LogP contribution in [0.15, 0.2) is 18.2 Å². The highest BCUT2D eigenvalue weighted by Gasteiger charge is 2.04. The van der Waals surface area contributed by atoms with E-state index in [1.165, 1.54) is 18.2 Å². The van der Waals surface area contributed by atoms with Gasteiger partial charge in [-0.3, -0.25) is 4.79 Å². The summed E-state index contributed by atoms with van der Waals surface area (Å²) in [5.41, 5.74) is 6.12. The van der Waals surface area contributed by atoms with Gasteiger partial charge >= 0.3 is 5.97 Å². The SMILES string of the molecule is Nc1cc(NC=O)cc(C(=O)O)c1. The third kappa shape index (κ3) is 2.19. The van der Waals surface area contributed by atoms with E-state index in [0.717, 1.165) is 0 Å². The van der Waals surface area contributed by atoms with E-state index in [2.05, 4.69) is 5.32 Å². The number of carboxylic acids is 1. The molecule has 0 radical (unpaired) electrons. The van der Waals surface area contributed by atoms with Crippen molar-refractivity contribution < 1.29 is 14.7 Å². The molecule has 1 aromatic rings. The molecule has 1 rings (SSSR count). The van der Waals surface area contributed by atoms with Crippen molar-refractivity contribution in [3.05, 3.63) is 23.8 Å². The lowest BCUT2D eigenvalue weighted by molar-refractivity contribution is -0.105. The fourth-order valence-electron chi connectivity index (χ4n) is 0.926. The minimum atomic E-state index is -1.08. The maximum absolute atomic E-state index is 10.5. The molecule has 4 N–H and O–H groups in total. The van der Waals surface area contributed by atoms with Crippen molar-refractivity contribution in [3.8, 4) is 0 Å². The van der Waals surface area contributed by atoms with Gasteiger partial charge in [0.1, 0.15) is 0 Å². The van der Waals surface area contributed by atoms with Crippen molar-refractivity contribution >= 4 is 23.8 Å². The van der Waals surface area contributed by atoms with Crippen LogP contribution >= 0.6 is 0 Å². The second kappa shape index (κ2) is 3.57. The van der Waals surface area contributed by atoms with Crippen LogP contribution in [0.4, 0.5) is 11.4 Å². The van der Waals surface area contributed by atoms with Crippen LogP contribution < -0.4 is 11.1 Å². The topological polar surface area (TPSA) is 92.4 Å². The molecular formula is C8H8N2O3. The molecule has 68 valence electrons. The molecule has 0 spiro atoms. The van der Waals surface area contributed by atoms with Gasteiger partial charge in [0.25, 0.3) is 0 Å². The first-order valence-corrected chi connectivity index (χ1v) is 3.47. The van der Waals surface area contributed by atoms with Crippen molar-refractivity contribution in [2.24, 2.45) is 0 Å². The highest BCUT2D eigenvalue weighted by atomic mass is 16.4. The molecule has 5 heteroatoms. The van der Waals surface area contributed by atoms with Gasteiger partial charge in [-0.25, -0.2) is 4.79 Å². The zero-order valence-corrected chi connectivity index (χ0v) is 6.65. The summed E-state index contributed by atoms with van der Waals surface area (Å²) in [5, 5.41) is 10.9. The Hall–Kier alpha value is -2.04. The highest BCUT2D eigenvalue weighted by Crippen LogP contribution is 2.15. The lowest BCUT2D eigenvalue weighted by Gasteiger charge is -2.02. The van der Waals surface area contributed by atoms with Gasteiger partial charge in [0.05, 0.1) is 5.56 Å². The average Bonchev–Trinajstić information content (AvgIpc) is 2.03. The minimum absolute atomic E-state index is 0.0457. The molecule has 0 saturated carbocycles. The molecule has 5 nitrogen and oxygen atoms in total. The second-order valence-electron chi connectivity index (χ2n) is 2.41. The number of benzene rings is 1. The molecule has 0 bridgehead atoms. The predicted molar refractivity (Wildman–Crippen MR) is 47.5 cm³/mol. The van der Waals surface area contributed by atoms with Crippen LogP contribution in [-0.4, -0.2) is 17.5 Å². The molecule has 0 heterocycles. The monoisotopic (exact) mass is 180 g/mol. The Bertz CT molecular complexity index is 349. The molecule has 0 aliphatic rings. The lowest BCUT2D eigenvalue weighted by atomic mass is 10.2. The third-order valence-electron chi connectivity index (χ3n) is 1.43. The standard InChI is InChI=1S/C8H8N2O3/c9-6-1-5(8(12)13)2-7(3-6)10-4-11/h1-4H,9H2,(H,10,11)(H,12,13). The second-order valence-corrected chi connectivity index (χ2v) is 2.41. The first-order valence-electron chi connectivity index (χ1n) is 3.47. The smallest absolute Gasteiger partial charge is 0.335 e. The zero-order valence-electron chi connectivity index (χ0n) is 6.65. The van der Waals surface area contributed by atoms with Crippen molar-refractivity contribution in [1.29, 1.82) is 0 Å². The Morgan fingerprint density at radius 3 is 2.69 bits per heavy atom. The van der Waals surface area contributed by atoms with E-state index >= 15 is 0 Å². The van der Waals surface area contributed by atoms with Gasteiger partial charge in [-0.05, 0) is 18.2 Å². The highest BCUT2D eigenvalue weighted by molar-refractivity contribution is 5.91. The lowest BCUT2D eigenvalue weighted by Crippen LogP contribution is -2.01. The number of carboxylic acid groups (broad SMARTS) is 1. The van der Waals surface area contributed by atoms with Crippen molar-refractivity contribution in [2.75, 3.05) is 11.1 Å². The normalized spacial score (nSPS) is 9.23. The minimum Gasteiger partial charge on any atom is -0.478 e. The first kappa shape index (κ1) is 9.05. The number of hydrogen-bond donors (Lipinski definition) is 3. The molecule has 0 aromatic heterocycles. The van der Waals surface area contributed by atoms with Crippen LogP contribution in [0.25, 0.3) is 0 Å². The number of carbonyl (C=O) groups is 2. The fourth-order valence-corrected chi connectivity index (χ4v) is 0.926. The Kier molecular flexibility index (Phi) is 2.49. The molecule has 0 fully saturated rings. The summed E-state index contributed by atoms with van der Waals surface area (Å²) in [6.45, 7) is 0. The number of anilines is 2. The quantitative estimate of drug-likeness (QED) is 0.467. The first-order chi connectivity index (χ1) is 6.13. The molecule has 0 atom stereocenters. The summed E-state index contributed by atoms with van der Waals surface area (Å²) < 4.78 is 0. The number of nitrogens with two attached hydrogens (primary N) is 1. The van der Waals surface area contributed by atoms with Gasteiger partial charge in [-0.1, -0.05) is 0 Å². The predicted octanol–water partition coefficient (Wildman–Crippen LogP) is 0.535. The average molecular weight is 180 g/mol. The van der Waals surface area contributed by atoms with Crippen LogP contribution in [0.3, 0.4) is 0 Å². The summed E-state index contributed by atoms with van der Waals surface area (Å²) in [7, 11) is 0. The van der Waals surface area contributed by atoms with Crippen molar-refractivity contribution in [2.45, 2.75) is 0 Å². The van der Waals surface area contributed by atoms with Crippen LogP contribution in [0.1, 0.15) is 10.4 Å². The summed E-state index contributed by atoms with van der Waals surface area (Å²) in [5.74, 6) is -1.08. The van der Waals surface area contributed by atoms with Gasteiger partial charge in [0.15, 0.2) is 0 Å². The molecule has 1 aromatic carbocycles. The van der Waals surface area contributed by atoms with E-state index in [0.29, 0.717) is 17.8 Å². The van der Waals surface area contributed by atoms with E-state index in [9.17, 15) is 9.59 Å². The molecule has 0 saturated heterocycles.